The molecule has 9 aromatic rings. The lowest BCUT2D eigenvalue weighted by molar-refractivity contribution is -0.134. The molecule has 0 amide bonds. The molecule has 0 saturated heterocycles. The number of allylic oxidation sites excluding steroid dienone is 2. The van der Waals surface area contributed by atoms with E-state index in [9.17, 15) is 19.8 Å². The first-order chi connectivity index (χ1) is 47.1. The van der Waals surface area contributed by atoms with Gasteiger partial charge in [-0.15, -0.1) is 0 Å². The number of phenolic OH excluding ortho intramolecular Hbond substituents is 2. The molecule has 96 heavy (non-hydrogen) atoms. The molecular weight excluding hydrogens is 1220 g/mol. The minimum Gasteiger partial charge on any atom is -0.504 e. The highest BCUT2D eigenvalue weighted by Crippen LogP contribution is 2.45. The van der Waals surface area contributed by atoms with Gasteiger partial charge in [0.25, 0.3) is 0 Å². The van der Waals surface area contributed by atoms with Gasteiger partial charge in [0.15, 0.2) is 46.0 Å². The van der Waals surface area contributed by atoms with Crippen LogP contribution in [-0.2, 0) is 86.0 Å². The van der Waals surface area contributed by atoms with Crippen molar-refractivity contribution in [3.63, 3.8) is 0 Å². The molecule has 2 heterocycles. The second-order valence-corrected chi connectivity index (χ2v) is 23.3. The van der Waals surface area contributed by atoms with Gasteiger partial charge in [0.2, 0.25) is 0 Å². The Kier molecular flexibility index (Phi) is 25.0. The van der Waals surface area contributed by atoms with Crippen LogP contribution in [0, 0.1) is 0 Å². The normalized spacial score (nSPS) is 16.5. The zero-order valence-electron chi connectivity index (χ0n) is 54.1. The maximum absolute atomic E-state index is 14.6. The maximum atomic E-state index is 14.6. The van der Waals surface area contributed by atoms with E-state index in [0.29, 0.717) is 136 Å². The Hall–Kier alpha value is -9.08. The summed E-state index contributed by atoms with van der Waals surface area (Å²) >= 11 is 0. The number of hydrogen-bond acceptors (Lipinski definition) is 18. The first-order valence-corrected chi connectivity index (χ1v) is 32.7. The average Bonchev–Trinajstić information content (AvgIpc) is 0.804. The van der Waals surface area contributed by atoms with Gasteiger partial charge in [-0.05, 0) is 104 Å². The third kappa shape index (κ3) is 18.7. The van der Waals surface area contributed by atoms with E-state index >= 15 is 0 Å². The van der Waals surface area contributed by atoms with Crippen molar-refractivity contribution in [3.05, 3.63) is 203 Å². The molecule has 2 aliphatic rings. The lowest BCUT2D eigenvalue weighted by Gasteiger charge is -2.20. The third-order valence-corrected chi connectivity index (χ3v) is 16.3. The SMILES string of the molecule is C=C1Cc2c(O)c(cc3ccccc23)OCCOCCOCCOCCOCCOc2cc3ccccc3c(c2OC(=O)Cc2cccc(CC(=O)Oc3c4cc5ccccc5c3CC(=C)Cc3c(O)c(cc5ccccc35)OCCOCCOCCOCCOCCO4)c2)C1. The number of esters is 2. The quantitative estimate of drug-likeness (QED) is 0.0902. The average molecular weight is 1310 g/mol. The standard InChI is InChI=1S/C78H82O18/c1-53-42-65-61-18-7-3-14-57(61)49-69(75(65)81)91-38-34-87-30-26-83-22-24-85-28-32-89-36-40-93-71-51-59-16-5-9-20-63(59)67(44-53)77(71)95-73(79)47-55-12-11-13-56(46-55)48-74(80)96-78-68-45-54(2)43-66-62-19-8-4-15-58(62)50-70(76(66)82)92-39-35-88-31-27-84-23-25-86-29-33-90-37-41-94-72(78)52-60-17-6-10-21-64(60)68/h3-21,46,49-52,81-82H,1-2,22-45,47-48H2. The summed E-state index contributed by atoms with van der Waals surface area (Å²) < 4.78 is 84.2. The molecule has 18 heteroatoms. The van der Waals surface area contributed by atoms with Crippen LogP contribution in [0.3, 0.4) is 0 Å². The van der Waals surface area contributed by atoms with Crippen LogP contribution in [0.5, 0.6) is 46.0 Å². The molecule has 18 nitrogen and oxygen atoms in total. The van der Waals surface area contributed by atoms with E-state index in [0.717, 1.165) is 54.2 Å². The van der Waals surface area contributed by atoms with Gasteiger partial charge < -0.3 is 76.5 Å². The lowest BCUT2D eigenvalue weighted by Crippen LogP contribution is -2.17. The second-order valence-electron chi connectivity index (χ2n) is 23.3. The summed E-state index contributed by atoms with van der Waals surface area (Å²) in [5.74, 6) is 0.569. The highest BCUT2D eigenvalue weighted by Gasteiger charge is 2.26. The first kappa shape index (κ1) is 68.3. The summed E-state index contributed by atoms with van der Waals surface area (Å²) in [5, 5.41) is 30.5. The molecule has 502 valence electrons. The van der Waals surface area contributed by atoms with Crippen molar-refractivity contribution in [3.8, 4) is 46.0 Å². The highest BCUT2D eigenvalue weighted by molar-refractivity contribution is 5.95. The van der Waals surface area contributed by atoms with Crippen LogP contribution in [0.15, 0.2) is 170 Å². The summed E-state index contributed by atoms with van der Waals surface area (Å²) in [7, 11) is 0. The number of benzene rings is 9. The van der Waals surface area contributed by atoms with Gasteiger partial charge in [-0.3, -0.25) is 9.59 Å². The number of ether oxygens (including phenoxy) is 14. The third-order valence-electron chi connectivity index (χ3n) is 16.3. The zero-order chi connectivity index (χ0) is 66.3. The zero-order valence-corrected chi connectivity index (χ0v) is 54.1. The van der Waals surface area contributed by atoms with Crippen LogP contribution in [0.1, 0.15) is 33.4 Å². The number of fused-ring (bicyclic) bond motifs is 16. The van der Waals surface area contributed by atoms with Gasteiger partial charge in [-0.25, -0.2) is 0 Å². The van der Waals surface area contributed by atoms with Crippen LogP contribution < -0.4 is 28.4 Å². The van der Waals surface area contributed by atoms with Crippen LogP contribution in [-0.4, -0.2) is 154 Å². The van der Waals surface area contributed by atoms with Gasteiger partial charge in [-0.1, -0.05) is 146 Å². The summed E-state index contributed by atoms with van der Waals surface area (Å²) in [5.41, 5.74) is 5.20. The monoisotopic (exact) mass is 1310 g/mol. The number of rotatable bonds is 6. The fourth-order valence-corrected chi connectivity index (χ4v) is 11.9. The molecule has 0 aromatic heterocycles. The van der Waals surface area contributed by atoms with Crippen molar-refractivity contribution in [2.24, 2.45) is 0 Å². The summed E-state index contributed by atoms with van der Waals surface area (Å²) in [4.78, 5) is 29.2. The second kappa shape index (κ2) is 35.1. The van der Waals surface area contributed by atoms with E-state index in [4.69, 9.17) is 66.3 Å². The van der Waals surface area contributed by atoms with Crippen molar-refractivity contribution in [2.45, 2.75) is 38.5 Å². The van der Waals surface area contributed by atoms with Crippen molar-refractivity contribution in [1.82, 2.24) is 0 Å². The summed E-state index contributed by atoms with van der Waals surface area (Å²) in [6, 6.07) is 45.7. The lowest BCUT2D eigenvalue weighted by atomic mass is 9.92. The van der Waals surface area contributed by atoms with E-state index in [1.165, 1.54) is 0 Å². The number of hydrogen-bond donors (Lipinski definition) is 2. The molecular formula is C78H82O18. The Morgan fingerprint density at radius 2 is 0.583 bits per heavy atom. The number of carbonyl (C=O) groups is 2. The Bertz CT molecular complexity index is 3880. The van der Waals surface area contributed by atoms with Gasteiger partial charge in [0.05, 0.1) is 119 Å². The fourth-order valence-electron chi connectivity index (χ4n) is 11.9. The predicted octanol–water partition coefficient (Wildman–Crippen LogP) is 12.4. The minimum atomic E-state index is -0.583. The Labute approximate surface area is 558 Å². The first-order valence-electron chi connectivity index (χ1n) is 32.7. The van der Waals surface area contributed by atoms with Gasteiger partial charge in [0.1, 0.15) is 26.4 Å². The molecule has 0 radical (unpaired) electrons. The van der Waals surface area contributed by atoms with E-state index in [1.807, 2.05) is 121 Å². The highest BCUT2D eigenvalue weighted by atomic mass is 16.6. The van der Waals surface area contributed by atoms with Crippen molar-refractivity contribution in [2.75, 3.05) is 132 Å². The van der Waals surface area contributed by atoms with Gasteiger partial charge in [-0.2, -0.15) is 0 Å². The summed E-state index contributed by atoms with van der Waals surface area (Å²) in [6.07, 6.45) is 0.643. The molecule has 11 rings (SSSR count). The van der Waals surface area contributed by atoms with Crippen molar-refractivity contribution in [1.29, 1.82) is 0 Å². The fraction of sp³-hybridized carbons (Fsp3) is 0.333. The number of aromatic hydroxyl groups is 2. The molecule has 2 aliphatic heterocycles. The maximum Gasteiger partial charge on any atom is 0.315 e. The minimum absolute atomic E-state index is 0.00247. The molecule has 9 aromatic carbocycles. The van der Waals surface area contributed by atoms with Gasteiger partial charge in [0, 0.05) is 22.3 Å². The van der Waals surface area contributed by atoms with Crippen molar-refractivity contribution >= 4 is 55.0 Å². The molecule has 0 atom stereocenters. The molecule has 0 saturated carbocycles. The smallest absolute Gasteiger partial charge is 0.315 e. The Balaban J connectivity index is 0.851. The van der Waals surface area contributed by atoms with Crippen LogP contribution in [0.2, 0.25) is 0 Å². The van der Waals surface area contributed by atoms with Gasteiger partial charge >= 0.3 is 11.9 Å². The molecule has 2 N–H and O–H groups in total. The predicted molar refractivity (Wildman–Crippen MR) is 366 cm³/mol. The summed E-state index contributed by atoms with van der Waals surface area (Å²) in [6.45, 7) is 15.2. The van der Waals surface area contributed by atoms with Crippen molar-refractivity contribution < 1.29 is 86.1 Å². The molecule has 0 fully saturated rings. The van der Waals surface area contributed by atoms with Crippen LogP contribution in [0.25, 0.3) is 43.1 Å². The van der Waals surface area contributed by atoms with E-state index in [1.54, 1.807) is 24.3 Å². The Morgan fingerprint density at radius 3 is 0.906 bits per heavy atom. The molecule has 0 unspecified atom stereocenters. The molecule has 0 aliphatic carbocycles. The van der Waals surface area contributed by atoms with Crippen LogP contribution in [0.4, 0.5) is 0 Å². The topological polar surface area (TPSA) is 204 Å². The molecule has 8 bridgehead atoms. The Morgan fingerprint density at radius 1 is 0.323 bits per heavy atom. The largest absolute Gasteiger partial charge is 0.504 e. The number of carbonyl (C=O) groups excluding carboxylic acids is 2. The van der Waals surface area contributed by atoms with E-state index in [-0.39, 0.29) is 114 Å². The van der Waals surface area contributed by atoms with E-state index in [2.05, 4.69) is 13.2 Å². The number of phenols is 2. The van der Waals surface area contributed by atoms with E-state index < -0.39 is 11.9 Å². The molecule has 0 spiro atoms. The van der Waals surface area contributed by atoms with Crippen LogP contribution >= 0.6 is 0 Å².